The van der Waals surface area contributed by atoms with Crippen molar-refractivity contribution in [2.75, 3.05) is 7.05 Å². The lowest BCUT2D eigenvalue weighted by atomic mass is 9.67. The number of nitrogens with one attached hydrogen (secondary N) is 1. The zero-order valence-electron chi connectivity index (χ0n) is 12.5. The Kier molecular flexibility index (Phi) is 6.12. The maximum Gasteiger partial charge on any atom is 0.0690 e. The maximum absolute atomic E-state index is 10.2. The van der Waals surface area contributed by atoms with Gasteiger partial charge in [-0.2, -0.15) is 0 Å². The third kappa shape index (κ3) is 4.57. The standard InChI is InChI=1S/C14H31NO2/c1-10(13(3,4)14(5,6)17)8-9-12(16)11(2)15-7/h10-12,15-17H,8-9H2,1-7H3/t10?,11-,12-/m0/s1. The van der Waals surface area contributed by atoms with E-state index in [1.807, 2.05) is 27.8 Å². The van der Waals surface area contributed by atoms with Crippen molar-refractivity contribution >= 4 is 0 Å². The summed E-state index contributed by atoms with van der Waals surface area (Å²) >= 11 is 0. The Bertz CT molecular complexity index is 221. The average molecular weight is 245 g/mol. The van der Waals surface area contributed by atoms with Gasteiger partial charge in [0.25, 0.3) is 0 Å². The molecule has 1 unspecified atom stereocenters. The number of hydrogen-bond donors (Lipinski definition) is 3. The van der Waals surface area contributed by atoms with Crippen LogP contribution in [0.3, 0.4) is 0 Å². The van der Waals surface area contributed by atoms with E-state index in [1.54, 1.807) is 0 Å². The van der Waals surface area contributed by atoms with Crippen molar-refractivity contribution in [3.05, 3.63) is 0 Å². The third-order valence-corrected chi connectivity index (χ3v) is 4.74. The van der Waals surface area contributed by atoms with E-state index in [-0.39, 0.29) is 17.6 Å². The average Bonchev–Trinajstić information content (AvgIpc) is 2.22. The third-order valence-electron chi connectivity index (χ3n) is 4.74. The number of likely N-dealkylation sites (N-methyl/N-ethyl adjacent to an activating group) is 1. The van der Waals surface area contributed by atoms with E-state index in [2.05, 4.69) is 26.1 Å². The summed E-state index contributed by atoms with van der Waals surface area (Å²) in [5, 5.41) is 23.1. The molecule has 0 aromatic heterocycles. The van der Waals surface area contributed by atoms with E-state index < -0.39 is 5.60 Å². The lowest BCUT2D eigenvalue weighted by Gasteiger charge is -2.42. The Labute approximate surface area is 107 Å². The molecule has 3 atom stereocenters. The minimum absolute atomic E-state index is 0.118. The van der Waals surface area contributed by atoms with Gasteiger partial charge >= 0.3 is 0 Å². The van der Waals surface area contributed by atoms with Crippen LogP contribution in [0, 0.1) is 11.3 Å². The van der Waals surface area contributed by atoms with Gasteiger partial charge in [0.1, 0.15) is 0 Å². The van der Waals surface area contributed by atoms with Crippen molar-refractivity contribution in [3.63, 3.8) is 0 Å². The zero-order chi connectivity index (χ0) is 13.9. The molecule has 0 bridgehead atoms. The number of rotatable bonds is 7. The molecule has 3 nitrogen and oxygen atoms in total. The van der Waals surface area contributed by atoms with Crippen LogP contribution in [-0.4, -0.2) is 35.0 Å². The van der Waals surface area contributed by atoms with E-state index in [9.17, 15) is 10.2 Å². The van der Waals surface area contributed by atoms with Gasteiger partial charge < -0.3 is 15.5 Å². The molecule has 0 heterocycles. The molecule has 0 aliphatic carbocycles. The Balaban J connectivity index is 4.32. The molecule has 0 aromatic carbocycles. The van der Waals surface area contributed by atoms with Crippen LogP contribution in [0.15, 0.2) is 0 Å². The van der Waals surface area contributed by atoms with Gasteiger partial charge in [0.05, 0.1) is 11.7 Å². The zero-order valence-corrected chi connectivity index (χ0v) is 12.5. The van der Waals surface area contributed by atoms with Crippen LogP contribution in [0.2, 0.25) is 0 Å². The molecule has 0 aromatic rings. The summed E-state index contributed by atoms with van der Waals surface area (Å²) in [5.74, 6) is 0.362. The van der Waals surface area contributed by atoms with Crippen LogP contribution in [0.4, 0.5) is 0 Å². The number of aliphatic hydroxyl groups is 2. The van der Waals surface area contributed by atoms with Crippen molar-refractivity contribution in [2.45, 2.75) is 72.1 Å². The molecule has 3 N–H and O–H groups in total. The van der Waals surface area contributed by atoms with E-state index in [0.717, 1.165) is 12.8 Å². The van der Waals surface area contributed by atoms with Crippen molar-refractivity contribution in [2.24, 2.45) is 11.3 Å². The lowest BCUT2D eigenvalue weighted by Crippen LogP contribution is -2.44. The lowest BCUT2D eigenvalue weighted by molar-refractivity contribution is -0.0688. The molecule has 0 saturated heterocycles. The predicted molar refractivity (Wildman–Crippen MR) is 73.0 cm³/mol. The first-order chi connectivity index (χ1) is 7.54. The van der Waals surface area contributed by atoms with Crippen molar-refractivity contribution in [3.8, 4) is 0 Å². The second-order valence-electron chi connectivity index (χ2n) is 6.40. The Morgan fingerprint density at radius 3 is 1.88 bits per heavy atom. The molecule has 0 saturated carbocycles. The highest BCUT2D eigenvalue weighted by molar-refractivity contribution is 4.90. The molecule has 104 valence electrons. The summed E-state index contributed by atoms with van der Waals surface area (Å²) < 4.78 is 0. The summed E-state index contributed by atoms with van der Waals surface area (Å²) in [6, 6.07) is 0.118. The normalized spacial score (nSPS) is 18.9. The first-order valence-corrected chi connectivity index (χ1v) is 6.61. The van der Waals surface area contributed by atoms with Gasteiger partial charge in [0.2, 0.25) is 0 Å². The topological polar surface area (TPSA) is 52.5 Å². The van der Waals surface area contributed by atoms with Gasteiger partial charge in [-0.25, -0.2) is 0 Å². The minimum Gasteiger partial charge on any atom is -0.392 e. The smallest absolute Gasteiger partial charge is 0.0690 e. The Morgan fingerprint density at radius 2 is 1.53 bits per heavy atom. The van der Waals surface area contributed by atoms with E-state index in [1.165, 1.54) is 0 Å². The molecule has 0 aliphatic heterocycles. The predicted octanol–water partition coefficient (Wildman–Crippen LogP) is 2.17. The molecule has 17 heavy (non-hydrogen) atoms. The van der Waals surface area contributed by atoms with Gasteiger partial charge in [-0.05, 0) is 52.0 Å². The second kappa shape index (κ2) is 6.17. The van der Waals surface area contributed by atoms with E-state index >= 15 is 0 Å². The summed E-state index contributed by atoms with van der Waals surface area (Å²) in [6.45, 7) is 12.0. The molecular weight excluding hydrogens is 214 g/mol. The van der Waals surface area contributed by atoms with Crippen LogP contribution in [0.1, 0.15) is 54.4 Å². The SMILES string of the molecule is CN[C@@H](C)[C@@H](O)CCC(C)C(C)(C)C(C)(C)O. The molecule has 3 heteroatoms. The van der Waals surface area contributed by atoms with Crippen molar-refractivity contribution < 1.29 is 10.2 Å². The quantitative estimate of drug-likeness (QED) is 0.644. The van der Waals surface area contributed by atoms with Gasteiger partial charge in [0, 0.05) is 6.04 Å². The van der Waals surface area contributed by atoms with Gasteiger partial charge in [-0.3, -0.25) is 0 Å². The first-order valence-electron chi connectivity index (χ1n) is 6.61. The van der Waals surface area contributed by atoms with Gasteiger partial charge in [-0.1, -0.05) is 20.8 Å². The molecule has 0 fully saturated rings. The Hall–Kier alpha value is -0.120. The van der Waals surface area contributed by atoms with Crippen LogP contribution in [0.5, 0.6) is 0 Å². The van der Waals surface area contributed by atoms with Crippen LogP contribution < -0.4 is 5.32 Å². The van der Waals surface area contributed by atoms with Crippen molar-refractivity contribution in [1.29, 1.82) is 0 Å². The summed E-state index contributed by atoms with van der Waals surface area (Å²) in [4.78, 5) is 0. The van der Waals surface area contributed by atoms with Gasteiger partial charge in [0.15, 0.2) is 0 Å². The van der Waals surface area contributed by atoms with E-state index in [4.69, 9.17) is 0 Å². The van der Waals surface area contributed by atoms with Crippen LogP contribution >= 0.6 is 0 Å². The molecule has 0 rings (SSSR count). The maximum atomic E-state index is 10.2. The van der Waals surface area contributed by atoms with E-state index in [0.29, 0.717) is 5.92 Å². The fourth-order valence-corrected chi connectivity index (χ4v) is 1.83. The molecule has 0 spiro atoms. The molecule has 0 amide bonds. The van der Waals surface area contributed by atoms with Crippen LogP contribution in [-0.2, 0) is 0 Å². The fraction of sp³-hybridized carbons (Fsp3) is 1.00. The highest BCUT2D eigenvalue weighted by atomic mass is 16.3. The van der Waals surface area contributed by atoms with Gasteiger partial charge in [-0.15, -0.1) is 0 Å². The summed E-state index contributed by atoms with van der Waals surface area (Å²) in [7, 11) is 1.86. The molecular formula is C14H31NO2. The second-order valence-corrected chi connectivity index (χ2v) is 6.40. The van der Waals surface area contributed by atoms with Crippen molar-refractivity contribution in [1.82, 2.24) is 5.32 Å². The van der Waals surface area contributed by atoms with Crippen LogP contribution in [0.25, 0.3) is 0 Å². The highest BCUT2D eigenvalue weighted by Gasteiger charge is 2.39. The fourth-order valence-electron chi connectivity index (χ4n) is 1.83. The number of hydrogen-bond acceptors (Lipinski definition) is 3. The molecule has 0 radical (unpaired) electrons. The minimum atomic E-state index is -0.702. The first kappa shape index (κ1) is 16.9. The Morgan fingerprint density at radius 1 is 1.06 bits per heavy atom. The number of aliphatic hydroxyl groups excluding tert-OH is 1. The molecule has 0 aliphatic rings. The summed E-state index contributed by atoms with van der Waals surface area (Å²) in [5.41, 5.74) is -0.860. The summed E-state index contributed by atoms with van der Waals surface area (Å²) in [6.07, 6.45) is 1.37. The largest absolute Gasteiger partial charge is 0.392 e. The monoisotopic (exact) mass is 245 g/mol. The highest BCUT2D eigenvalue weighted by Crippen LogP contribution is 2.40.